The van der Waals surface area contributed by atoms with Crippen molar-refractivity contribution in [2.45, 2.75) is 47.4 Å². The van der Waals surface area contributed by atoms with E-state index in [4.69, 9.17) is 0 Å². The summed E-state index contributed by atoms with van der Waals surface area (Å²) in [6.07, 6.45) is 11.6. The van der Waals surface area contributed by atoms with E-state index in [0.717, 1.165) is 0 Å². The fraction of sp³-hybridized carbons (Fsp3) is 0.286. The summed E-state index contributed by atoms with van der Waals surface area (Å²) < 4.78 is 128. The zero-order valence-corrected chi connectivity index (χ0v) is 18.3. The highest BCUT2D eigenvalue weighted by Gasteiger charge is 2.66. The topological polar surface area (TPSA) is 0 Å². The molecular formula is C28H16F8. The van der Waals surface area contributed by atoms with Gasteiger partial charge in [-0.05, 0) is 22.3 Å². The zero-order valence-electron chi connectivity index (χ0n) is 18.3. The molecule has 0 spiro atoms. The molecule has 9 rings (SSSR count). The lowest BCUT2D eigenvalue weighted by atomic mass is 9.66. The molecule has 0 radical (unpaired) electrons. The normalized spacial score (nSPS) is 31.8. The summed E-state index contributed by atoms with van der Waals surface area (Å²) >= 11 is 0. The first-order valence-electron chi connectivity index (χ1n) is 11.5. The third-order valence-corrected chi connectivity index (χ3v) is 8.15. The minimum Gasteiger partial charge on any atom is -0.194 e. The number of hydrogen-bond acceptors (Lipinski definition) is 0. The van der Waals surface area contributed by atoms with Crippen LogP contribution in [0.4, 0.5) is 35.1 Å². The minimum absolute atomic E-state index is 0.451. The van der Waals surface area contributed by atoms with Crippen LogP contribution in [0.5, 0.6) is 0 Å². The molecule has 0 amide bonds. The lowest BCUT2D eigenvalue weighted by molar-refractivity contribution is -0.228. The standard InChI is InChI=1S/C28H16F8/c29-25(30)17-9-10-18(22-14-2-1-13(3-4-14)21(17)22)26(31,32)28(35,36)20-12-11-19(27(25,33)34)23-15-5-7-16(8-6-15)24(20)23/h1-16H. The van der Waals surface area contributed by atoms with Gasteiger partial charge >= 0.3 is 23.7 Å². The molecule has 2 aromatic carbocycles. The second-order valence-corrected chi connectivity index (χ2v) is 9.92. The SMILES string of the molecule is FC1(F)c2ccc(c3c2C2C=CC3C=C2)C(F)(F)C(F)(F)c2ccc(c3c2C2C=CC3C=C2)C1(F)F. The summed E-state index contributed by atoms with van der Waals surface area (Å²) in [5, 5.41) is 0. The maximum Gasteiger partial charge on any atom is 0.340 e. The molecule has 8 bridgehead atoms. The van der Waals surface area contributed by atoms with Crippen LogP contribution in [0.2, 0.25) is 0 Å². The fourth-order valence-electron chi connectivity index (χ4n) is 6.47. The molecule has 0 unspecified atom stereocenters. The largest absolute Gasteiger partial charge is 0.340 e. The molecule has 0 aromatic heterocycles. The van der Waals surface area contributed by atoms with Crippen LogP contribution < -0.4 is 0 Å². The van der Waals surface area contributed by atoms with Crippen molar-refractivity contribution in [3.63, 3.8) is 0 Å². The van der Waals surface area contributed by atoms with Crippen molar-refractivity contribution in [1.29, 1.82) is 0 Å². The lowest BCUT2D eigenvalue weighted by Crippen LogP contribution is -2.43. The predicted molar refractivity (Wildman–Crippen MR) is 116 cm³/mol. The Labute approximate surface area is 200 Å². The molecule has 184 valence electrons. The van der Waals surface area contributed by atoms with Crippen LogP contribution in [-0.4, -0.2) is 0 Å². The van der Waals surface area contributed by atoms with E-state index < -0.39 is 91.9 Å². The molecule has 0 atom stereocenters. The Kier molecular flexibility index (Phi) is 3.92. The molecule has 0 aliphatic heterocycles. The van der Waals surface area contributed by atoms with Crippen molar-refractivity contribution in [3.8, 4) is 0 Å². The molecule has 8 heteroatoms. The number of rotatable bonds is 0. The Balaban J connectivity index is 1.65. The van der Waals surface area contributed by atoms with Crippen molar-refractivity contribution in [2.75, 3.05) is 0 Å². The van der Waals surface area contributed by atoms with Crippen molar-refractivity contribution in [2.24, 2.45) is 0 Å². The number of allylic oxidation sites excluding steroid dienone is 8. The quantitative estimate of drug-likeness (QED) is 0.250. The molecule has 0 heterocycles. The second kappa shape index (κ2) is 6.39. The Morgan fingerprint density at radius 3 is 0.667 bits per heavy atom. The summed E-state index contributed by atoms with van der Waals surface area (Å²) in [5.41, 5.74) is -6.31. The third kappa shape index (κ3) is 2.32. The Morgan fingerprint density at radius 1 is 0.333 bits per heavy atom. The van der Waals surface area contributed by atoms with Crippen LogP contribution in [0.25, 0.3) is 0 Å². The number of benzene rings is 2. The third-order valence-electron chi connectivity index (χ3n) is 8.15. The maximum absolute atomic E-state index is 16.0. The molecule has 0 N–H and O–H groups in total. The zero-order chi connectivity index (χ0) is 25.4. The van der Waals surface area contributed by atoms with Gasteiger partial charge in [-0.15, -0.1) is 0 Å². The average Bonchev–Trinajstić information content (AvgIpc) is 2.88. The van der Waals surface area contributed by atoms with Gasteiger partial charge in [-0.25, -0.2) is 0 Å². The van der Waals surface area contributed by atoms with E-state index in [9.17, 15) is 0 Å². The van der Waals surface area contributed by atoms with Gasteiger partial charge in [0.1, 0.15) is 0 Å². The van der Waals surface area contributed by atoms with Crippen molar-refractivity contribution < 1.29 is 35.1 Å². The van der Waals surface area contributed by atoms with E-state index >= 15 is 35.1 Å². The molecule has 0 fully saturated rings. The van der Waals surface area contributed by atoms with Gasteiger partial charge in [0.2, 0.25) is 0 Å². The second-order valence-electron chi connectivity index (χ2n) is 9.92. The smallest absolute Gasteiger partial charge is 0.194 e. The number of halogens is 8. The first-order chi connectivity index (χ1) is 16.9. The summed E-state index contributed by atoms with van der Waals surface area (Å²) in [6, 6.07) is 1.89. The van der Waals surface area contributed by atoms with E-state index in [0.29, 0.717) is 24.3 Å². The number of fused-ring (bicyclic) bond motifs is 6. The summed E-state index contributed by atoms with van der Waals surface area (Å²) in [7, 11) is 0. The first-order valence-corrected chi connectivity index (χ1v) is 11.5. The lowest BCUT2D eigenvalue weighted by Gasteiger charge is -2.42. The number of hydrogen-bond donors (Lipinski definition) is 0. The molecule has 7 aliphatic rings. The average molecular weight is 504 g/mol. The monoisotopic (exact) mass is 504 g/mol. The molecule has 2 aromatic rings. The number of alkyl halides is 8. The van der Waals surface area contributed by atoms with E-state index in [-0.39, 0.29) is 0 Å². The first kappa shape index (κ1) is 22.1. The van der Waals surface area contributed by atoms with E-state index in [2.05, 4.69) is 0 Å². The van der Waals surface area contributed by atoms with Gasteiger partial charge in [-0.2, -0.15) is 35.1 Å². The van der Waals surface area contributed by atoms with Crippen LogP contribution in [0, 0.1) is 0 Å². The van der Waals surface area contributed by atoms with Crippen LogP contribution in [0.15, 0.2) is 72.9 Å². The van der Waals surface area contributed by atoms with E-state index in [1.807, 2.05) is 0 Å². The highest BCUT2D eigenvalue weighted by atomic mass is 19.3. The highest BCUT2D eigenvalue weighted by molar-refractivity contribution is 5.64. The maximum atomic E-state index is 16.0. The van der Waals surface area contributed by atoms with Crippen LogP contribution in [0.1, 0.15) is 68.2 Å². The Morgan fingerprint density at radius 2 is 0.500 bits per heavy atom. The molecule has 0 nitrogen and oxygen atoms in total. The van der Waals surface area contributed by atoms with Crippen molar-refractivity contribution in [3.05, 3.63) is 117 Å². The molecular weight excluding hydrogens is 488 g/mol. The molecule has 7 aliphatic carbocycles. The van der Waals surface area contributed by atoms with E-state index in [1.54, 1.807) is 0 Å². The van der Waals surface area contributed by atoms with Gasteiger partial charge in [-0.1, -0.05) is 72.9 Å². The molecule has 0 saturated carbocycles. The van der Waals surface area contributed by atoms with Gasteiger partial charge < -0.3 is 0 Å². The van der Waals surface area contributed by atoms with Crippen molar-refractivity contribution in [1.82, 2.24) is 0 Å². The van der Waals surface area contributed by atoms with E-state index in [1.165, 1.54) is 48.6 Å². The summed E-state index contributed by atoms with van der Waals surface area (Å²) in [5.74, 6) is -23.2. The van der Waals surface area contributed by atoms with Gasteiger partial charge in [0.15, 0.2) is 0 Å². The van der Waals surface area contributed by atoms with Crippen LogP contribution >= 0.6 is 0 Å². The Bertz CT molecular complexity index is 1230. The predicted octanol–water partition coefficient (Wildman–Crippen LogP) is 8.38. The Hall–Kier alpha value is -3.16. The van der Waals surface area contributed by atoms with Gasteiger partial charge in [0.05, 0.1) is 0 Å². The van der Waals surface area contributed by atoms with Crippen molar-refractivity contribution >= 4 is 0 Å². The summed E-state index contributed by atoms with van der Waals surface area (Å²) in [6.45, 7) is 0. The van der Waals surface area contributed by atoms with Gasteiger partial charge in [-0.3, -0.25) is 0 Å². The van der Waals surface area contributed by atoms with Gasteiger partial charge in [0, 0.05) is 45.9 Å². The molecule has 0 saturated heterocycles. The minimum atomic E-state index is -4.80. The summed E-state index contributed by atoms with van der Waals surface area (Å²) in [4.78, 5) is 0. The van der Waals surface area contributed by atoms with Crippen LogP contribution in [-0.2, 0) is 23.7 Å². The fourth-order valence-corrected chi connectivity index (χ4v) is 6.47. The van der Waals surface area contributed by atoms with Crippen LogP contribution in [0.3, 0.4) is 0 Å². The van der Waals surface area contributed by atoms with Gasteiger partial charge in [0.25, 0.3) is 0 Å². The highest BCUT2D eigenvalue weighted by Crippen LogP contribution is 2.62. The molecule has 36 heavy (non-hydrogen) atoms.